The van der Waals surface area contributed by atoms with Crippen LogP contribution in [0, 0.1) is 5.41 Å². The molecule has 1 heterocycles. The molecule has 0 radical (unpaired) electrons. The number of aliphatic hydroxyl groups excluding tert-OH is 1. The van der Waals surface area contributed by atoms with Gasteiger partial charge in [0.15, 0.2) is 0 Å². The normalized spacial score (nSPS) is 14.0. The van der Waals surface area contributed by atoms with Gasteiger partial charge in [0.05, 0.1) is 11.8 Å². The molecule has 17 heavy (non-hydrogen) atoms. The number of aliphatic hydroxyl groups is 1. The van der Waals surface area contributed by atoms with Crippen molar-refractivity contribution in [2.45, 2.75) is 66.5 Å². The maximum Gasteiger partial charge on any atom is 0.0624 e. The lowest BCUT2D eigenvalue weighted by molar-refractivity contribution is 0.119. The minimum Gasteiger partial charge on any atom is -0.393 e. The topological polar surface area (TPSA) is 38.0 Å². The lowest BCUT2D eigenvalue weighted by Gasteiger charge is -2.22. The monoisotopic (exact) mass is 238 g/mol. The summed E-state index contributed by atoms with van der Waals surface area (Å²) in [5.74, 6) is 0. The second kappa shape index (κ2) is 5.67. The molecule has 98 valence electrons. The van der Waals surface area contributed by atoms with E-state index in [4.69, 9.17) is 0 Å². The summed E-state index contributed by atoms with van der Waals surface area (Å²) in [5.41, 5.74) is 2.44. The first-order chi connectivity index (χ1) is 7.85. The highest BCUT2D eigenvalue weighted by molar-refractivity contribution is 5.11. The molecular formula is C14H26N2O. The Hall–Kier alpha value is -0.830. The summed E-state index contributed by atoms with van der Waals surface area (Å²) < 4.78 is 2.00. The molecule has 1 atom stereocenters. The van der Waals surface area contributed by atoms with Gasteiger partial charge in [-0.3, -0.25) is 4.68 Å². The molecule has 1 unspecified atom stereocenters. The van der Waals surface area contributed by atoms with Crippen LogP contribution in [0.3, 0.4) is 0 Å². The van der Waals surface area contributed by atoms with Crippen LogP contribution in [-0.2, 0) is 19.4 Å². The number of nitrogens with zero attached hydrogens (tertiary/aromatic N) is 2. The van der Waals surface area contributed by atoms with E-state index < -0.39 is 0 Å². The standard InChI is InChI=1S/C14H26N2O/c1-6-11-8-12(16(7-2)15-11)9-13(17)10-14(3,4)5/h8,13,17H,6-7,9-10H2,1-5H3. The Balaban J connectivity index is 2.70. The summed E-state index contributed by atoms with van der Waals surface area (Å²) in [6.45, 7) is 11.5. The molecule has 3 nitrogen and oxygen atoms in total. The smallest absolute Gasteiger partial charge is 0.0624 e. The maximum atomic E-state index is 10.1. The maximum absolute atomic E-state index is 10.1. The van der Waals surface area contributed by atoms with Crippen molar-refractivity contribution < 1.29 is 5.11 Å². The minimum atomic E-state index is -0.276. The first-order valence-corrected chi connectivity index (χ1v) is 6.59. The summed E-state index contributed by atoms with van der Waals surface area (Å²) in [6.07, 6.45) is 2.21. The molecule has 0 fully saturated rings. The highest BCUT2D eigenvalue weighted by Gasteiger charge is 2.18. The molecule has 0 aromatic carbocycles. The summed E-state index contributed by atoms with van der Waals surface area (Å²) >= 11 is 0. The van der Waals surface area contributed by atoms with Gasteiger partial charge in [-0.15, -0.1) is 0 Å². The van der Waals surface area contributed by atoms with E-state index in [1.54, 1.807) is 0 Å². The fraction of sp³-hybridized carbons (Fsp3) is 0.786. The molecule has 1 aromatic rings. The van der Waals surface area contributed by atoms with Gasteiger partial charge in [-0.1, -0.05) is 27.7 Å². The molecule has 0 aliphatic rings. The van der Waals surface area contributed by atoms with Crippen molar-refractivity contribution in [1.82, 2.24) is 9.78 Å². The van der Waals surface area contributed by atoms with E-state index in [1.807, 2.05) is 4.68 Å². The van der Waals surface area contributed by atoms with Gasteiger partial charge in [0.2, 0.25) is 0 Å². The Morgan fingerprint density at radius 3 is 2.47 bits per heavy atom. The summed E-state index contributed by atoms with van der Waals surface area (Å²) in [5, 5.41) is 14.6. The van der Waals surface area contributed by atoms with Crippen molar-refractivity contribution in [2.75, 3.05) is 0 Å². The van der Waals surface area contributed by atoms with Crippen molar-refractivity contribution in [3.05, 3.63) is 17.5 Å². The van der Waals surface area contributed by atoms with Crippen LogP contribution < -0.4 is 0 Å². The van der Waals surface area contributed by atoms with Crippen LogP contribution in [0.4, 0.5) is 0 Å². The highest BCUT2D eigenvalue weighted by atomic mass is 16.3. The van der Waals surface area contributed by atoms with Crippen LogP contribution in [0.5, 0.6) is 0 Å². The summed E-state index contributed by atoms with van der Waals surface area (Å²) in [7, 11) is 0. The third-order valence-electron chi connectivity index (χ3n) is 2.87. The van der Waals surface area contributed by atoms with E-state index in [9.17, 15) is 5.11 Å². The van der Waals surface area contributed by atoms with Crippen LogP contribution >= 0.6 is 0 Å². The predicted molar refractivity (Wildman–Crippen MR) is 71.1 cm³/mol. The minimum absolute atomic E-state index is 0.171. The highest BCUT2D eigenvalue weighted by Crippen LogP contribution is 2.22. The van der Waals surface area contributed by atoms with Crippen molar-refractivity contribution in [2.24, 2.45) is 5.41 Å². The molecule has 3 heteroatoms. The number of aromatic nitrogens is 2. The van der Waals surface area contributed by atoms with Crippen LogP contribution in [0.1, 0.15) is 52.4 Å². The lowest BCUT2D eigenvalue weighted by atomic mass is 9.88. The van der Waals surface area contributed by atoms with Crippen molar-refractivity contribution in [3.8, 4) is 0 Å². The fourth-order valence-electron chi connectivity index (χ4n) is 2.15. The quantitative estimate of drug-likeness (QED) is 0.856. The van der Waals surface area contributed by atoms with Crippen molar-refractivity contribution in [1.29, 1.82) is 0 Å². The molecule has 0 bridgehead atoms. The van der Waals surface area contributed by atoms with Crippen molar-refractivity contribution >= 4 is 0 Å². The zero-order valence-electron chi connectivity index (χ0n) is 11.8. The third-order valence-corrected chi connectivity index (χ3v) is 2.87. The molecule has 0 spiro atoms. The van der Waals surface area contributed by atoms with Crippen LogP contribution in [0.15, 0.2) is 6.07 Å². The second-order valence-electron chi connectivity index (χ2n) is 5.92. The molecular weight excluding hydrogens is 212 g/mol. The molecule has 1 N–H and O–H groups in total. The molecule has 0 saturated carbocycles. The van der Waals surface area contributed by atoms with E-state index in [2.05, 4.69) is 45.8 Å². The molecule has 0 saturated heterocycles. The van der Waals surface area contributed by atoms with E-state index in [0.717, 1.165) is 30.8 Å². The lowest BCUT2D eigenvalue weighted by Crippen LogP contribution is -2.21. The zero-order chi connectivity index (χ0) is 13.1. The Bertz CT molecular complexity index is 350. The second-order valence-corrected chi connectivity index (χ2v) is 5.92. The third kappa shape index (κ3) is 4.50. The molecule has 1 rings (SSSR count). The zero-order valence-corrected chi connectivity index (χ0v) is 11.8. The Kier molecular flexibility index (Phi) is 4.75. The fourth-order valence-corrected chi connectivity index (χ4v) is 2.15. The number of aryl methyl sites for hydroxylation is 2. The molecule has 0 aliphatic carbocycles. The van der Waals surface area contributed by atoms with Crippen LogP contribution in [0.2, 0.25) is 0 Å². The summed E-state index contributed by atoms with van der Waals surface area (Å²) in [6, 6.07) is 2.12. The van der Waals surface area contributed by atoms with E-state index >= 15 is 0 Å². The predicted octanol–water partition coefficient (Wildman–Crippen LogP) is 2.81. The first-order valence-electron chi connectivity index (χ1n) is 6.59. The first kappa shape index (κ1) is 14.2. The van der Waals surface area contributed by atoms with Gasteiger partial charge >= 0.3 is 0 Å². The van der Waals surface area contributed by atoms with Gasteiger partial charge in [0.1, 0.15) is 0 Å². The Labute approximate surface area is 105 Å². The molecule has 0 aliphatic heterocycles. The van der Waals surface area contributed by atoms with Crippen molar-refractivity contribution in [3.63, 3.8) is 0 Å². The van der Waals surface area contributed by atoms with Gasteiger partial charge in [-0.05, 0) is 31.2 Å². The summed E-state index contributed by atoms with van der Waals surface area (Å²) in [4.78, 5) is 0. The Morgan fingerprint density at radius 2 is 2.00 bits per heavy atom. The van der Waals surface area contributed by atoms with E-state index in [0.29, 0.717) is 6.42 Å². The van der Waals surface area contributed by atoms with Crippen LogP contribution in [0.25, 0.3) is 0 Å². The van der Waals surface area contributed by atoms with Gasteiger partial charge in [-0.2, -0.15) is 5.10 Å². The average Bonchev–Trinajstić information content (AvgIpc) is 2.57. The van der Waals surface area contributed by atoms with E-state index in [-0.39, 0.29) is 11.5 Å². The van der Waals surface area contributed by atoms with Gasteiger partial charge in [0, 0.05) is 18.7 Å². The average molecular weight is 238 g/mol. The largest absolute Gasteiger partial charge is 0.393 e. The van der Waals surface area contributed by atoms with Gasteiger partial charge < -0.3 is 5.11 Å². The SMILES string of the molecule is CCc1cc(CC(O)CC(C)(C)C)n(CC)n1. The number of rotatable bonds is 5. The number of hydrogen-bond donors (Lipinski definition) is 1. The van der Waals surface area contributed by atoms with E-state index in [1.165, 1.54) is 0 Å². The van der Waals surface area contributed by atoms with Crippen LogP contribution in [-0.4, -0.2) is 21.0 Å². The Morgan fingerprint density at radius 1 is 1.35 bits per heavy atom. The molecule has 0 amide bonds. The molecule has 1 aromatic heterocycles. The number of hydrogen-bond acceptors (Lipinski definition) is 2. The van der Waals surface area contributed by atoms with Gasteiger partial charge in [-0.25, -0.2) is 0 Å². The van der Waals surface area contributed by atoms with Gasteiger partial charge in [0.25, 0.3) is 0 Å².